The fourth-order valence-corrected chi connectivity index (χ4v) is 10.6. The second-order valence-corrected chi connectivity index (χ2v) is 20.2. The van der Waals surface area contributed by atoms with E-state index in [0.29, 0.717) is 54.1 Å². The van der Waals surface area contributed by atoms with Crippen molar-refractivity contribution < 1.29 is 43.3 Å². The number of anilines is 2. The van der Waals surface area contributed by atoms with Crippen LogP contribution in [0.4, 0.5) is 10.1 Å². The highest BCUT2D eigenvalue weighted by Crippen LogP contribution is 2.38. The molecule has 1 aliphatic heterocycles. The first-order chi connectivity index (χ1) is 36.9. The van der Waals surface area contributed by atoms with Gasteiger partial charge in [0.2, 0.25) is 29.5 Å². The Labute approximate surface area is 450 Å². The third-order valence-electron chi connectivity index (χ3n) is 14.0. The molecule has 7 rings (SSSR count). The predicted octanol–water partition coefficient (Wildman–Crippen LogP) is 8.78. The van der Waals surface area contributed by atoms with E-state index in [4.69, 9.17) is 19.2 Å². The number of aromatic nitrogens is 1. The molecule has 3 atom stereocenters. The van der Waals surface area contributed by atoms with Crippen molar-refractivity contribution >= 4 is 62.2 Å². The van der Waals surface area contributed by atoms with Crippen LogP contribution in [-0.4, -0.2) is 128 Å². The van der Waals surface area contributed by atoms with Crippen LogP contribution in [0, 0.1) is 5.92 Å². The lowest BCUT2D eigenvalue weighted by molar-refractivity contribution is -0.142. The summed E-state index contributed by atoms with van der Waals surface area (Å²) in [4.78, 5) is 75.3. The van der Waals surface area contributed by atoms with Gasteiger partial charge in [-0.05, 0) is 104 Å². The number of carbonyl (C=O) groups is 5. The van der Waals surface area contributed by atoms with Gasteiger partial charge in [-0.25, -0.2) is 4.98 Å². The lowest BCUT2D eigenvalue weighted by Crippen LogP contribution is -2.57. The average molecular weight is 1060 g/mol. The van der Waals surface area contributed by atoms with Gasteiger partial charge in [-0.2, -0.15) is 0 Å². The van der Waals surface area contributed by atoms with Gasteiger partial charge in [0, 0.05) is 19.2 Å². The van der Waals surface area contributed by atoms with Crippen LogP contribution in [0.25, 0.3) is 22.4 Å². The molecule has 0 spiro atoms. The number of aromatic hydroxyl groups is 1. The smallest absolute Gasteiger partial charge is 0.247 e. The maximum Gasteiger partial charge on any atom is 0.247 e. The Kier molecular flexibility index (Phi) is 21.5. The van der Waals surface area contributed by atoms with E-state index in [0.717, 1.165) is 77.7 Å². The summed E-state index contributed by atoms with van der Waals surface area (Å²) in [5, 5.41) is 22.6. The van der Waals surface area contributed by atoms with E-state index in [1.54, 1.807) is 43.0 Å². The maximum atomic E-state index is 14.3. The van der Waals surface area contributed by atoms with Crippen molar-refractivity contribution in [3.8, 4) is 22.8 Å². The number of likely N-dealkylation sites (N-methyl/N-ethyl adjacent to an activating group) is 2. The van der Waals surface area contributed by atoms with Crippen LogP contribution in [-0.2, 0) is 33.4 Å². The minimum atomic E-state index is -0.733. The van der Waals surface area contributed by atoms with Gasteiger partial charge in [0.25, 0.3) is 0 Å². The second kappa shape index (κ2) is 28.8. The molecule has 16 nitrogen and oxygen atoms in total. The van der Waals surface area contributed by atoms with Crippen molar-refractivity contribution in [2.24, 2.45) is 5.92 Å². The highest BCUT2D eigenvalue weighted by molar-refractivity contribution is 7.20. The first kappa shape index (κ1) is 56.8. The van der Waals surface area contributed by atoms with Crippen molar-refractivity contribution in [3.63, 3.8) is 0 Å². The molecule has 5 N–H and O–H groups in total. The third kappa shape index (κ3) is 15.8. The fourth-order valence-electron chi connectivity index (χ4n) is 9.65. The van der Waals surface area contributed by atoms with Gasteiger partial charge >= 0.3 is 0 Å². The number of carbonyl (C=O) groups excluding carboxylic acids is 5. The molecule has 17 heteroatoms. The number of phenolic OH excluding ortho intramolecular Hbond substituents is 1. The monoisotopic (exact) mass is 1060 g/mol. The molecule has 2 aliphatic rings. The van der Waals surface area contributed by atoms with Crippen molar-refractivity contribution in [2.45, 2.75) is 96.2 Å². The number of allylic oxidation sites excluding steroid dienone is 1. The van der Waals surface area contributed by atoms with Crippen LogP contribution in [0.3, 0.4) is 0 Å². The third-order valence-corrected chi connectivity index (χ3v) is 14.9. The molecule has 1 aromatic heterocycles. The normalized spacial score (nSPS) is 15.8. The number of nitrogens with zero attached hydrogens (tertiary/aromatic N) is 3. The number of rotatable bonds is 26. The Morgan fingerprint density at radius 2 is 1.41 bits per heavy atom. The molecule has 404 valence electrons. The van der Waals surface area contributed by atoms with Crippen LogP contribution in [0.5, 0.6) is 11.5 Å². The molecule has 0 bridgehead atoms. The van der Waals surface area contributed by atoms with E-state index >= 15 is 0 Å². The largest absolute Gasteiger partial charge is 0.508 e. The number of amides is 5. The topological polar surface area (TPSA) is 201 Å². The lowest BCUT2D eigenvalue weighted by atomic mass is 9.83. The number of thiazole rings is 1. The molecule has 4 aromatic carbocycles. The standard InChI is InChI=1S/C59H73N7O9S/c1-5-48(41-16-9-6-10-17-41)52(42-23-27-46(67)28-24-42)43-25-29-47(30-26-43)75-37-34-65(4)51(69)32-36-74-39-38-73-35-31-50(68)61-59-63-53(44-18-11-7-12-19-44)57(76-59)64-56(71)49-22-15-33-66(49)58(72)54(45-20-13-8-14-21-45)62-55(70)40(2)60-3/h6-7,9-12,16-19,23-30,40,45,49,54,60,67H,5,8,13-15,20-22,31-39H2,1-4H3,(H,62,70)(H,64,71)(H,61,63,68)/b52-48-/t40?,49-,54-/m0/s1. The first-order valence-electron chi connectivity index (χ1n) is 26.6. The lowest BCUT2D eigenvalue weighted by Gasteiger charge is -2.35. The van der Waals surface area contributed by atoms with Crippen LogP contribution in [0.2, 0.25) is 0 Å². The summed E-state index contributed by atoms with van der Waals surface area (Å²) in [7, 11) is 3.44. The molecule has 76 heavy (non-hydrogen) atoms. The van der Waals surface area contributed by atoms with Crippen LogP contribution >= 0.6 is 11.3 Å². The molecule has 1 saturated heterocycles. The zero-order valence-corrected chi connectivity index (χ0v) is 45.0. The minimum Gasteiger partial charge on any atom is -0.508 e. The van der Waals surface area contributed by atoms with Crippen molar-refractivity contribution in [1.29, 1.82) is 0 Å². The Morgan fingerprint density at radius 1 is 0.763 bits per heavy atom. The summed E-state index contributed by atoms with van der Waals surface area (Å²) in [6.07, 6.45) is 6.95. The van der Waals surface area contributed by atoms with E-state index in [9.17, 15) is 29.1 Å². The van der Waals surface area contributed by atoms with Crippen molar-refractivity contribution in [2.75, 3.05) is 70.9 Å². The zero-order chi connectivity index (χ0) is 53.8. The molecular weight excluding hydrogens is 983 g/mol. The minimum absolute atomic E-state index is 0.000728. The Hall–Kier alpha value is -6.92. The average Bonchev–Trinajstić information content (AvgIpc) is 4.11. The van der Waals surface area contributed by atoms with Gasteiger partial charge in [0.15, 0.2) is 5.13 Å². The second-order valence-electron chi connectivity index (χ2n) is 19.2. The highest BCUT2D eigenvalue weighted by Gasteiger charge is 2.41. The number of benzene rings is 4. The number of hydrogen-bond donors (Lipinski definition) is 5. The fraction of sp³-hybridized carbons (Fsp3) is 0.424. The predicted molar refractivity (Wildman–Crippen MR) is 298 cm³/mol. The van der Waals surface area contributed by atoms with Gasteiger partial charge in [0.1, 0.15) is 40.9 Å². The molecule has 1 aliphatic carbocycles. The van der Waals surface area contributed by atoms with E-state index in [1.807, 2.05) is 84.9 Å². The van der Waals surface area contributed by atoms with Gasteiger partial charge < -0.3 is 50.4 Å². The number of phenols is 1. The SMILES string of the molecule is CC/C(=C(\c1ccc(O)cc1)c1ccc(OCCN(C)C(=O)CCOCCOCCC(=O)Nc2nc(-c3ccccc3)c(NC(=O)[C@@H]3CCCN3C(=O)[C@@H](NC(=O)C(C)NC)C3CCCCC3)s2)cc1)c1ccccc1. The first-order valence-corrected chi connectivity index (χ1v) is 27.4. The van der Waals surface area contributed by atoms with Gasteiger partial charge in [0.05, 0.1) is 51.9 Å². The van der Waals surface area contributed by atoms with Gasteiger partial charge in [-0.15, -0.1) is 0 Å². The summed E-state index contributed by atoms with van der Waals surface area (Å²) < 4.78 is 17.4. The van der Waals surface area contributed by atoms with Crippen LogP contribution < -0.4 is 26.0 Å². The zero-order valence-electron chi connectivity index (χ0n) is 44.2. The number of likely N-dealkylation sites (tertiary alicyclic amines) is 1. The Bertz CT molecular complexity index is 2710. The Morgan fingerprint density at radius 3 is 2.07 bits per heavy atom. The van der Waals surface area contributed by atoms with Crippen LogP contribution in [0.1, 0.15) is 94.7 Å². The molecule has 1 saturated carbocycles. The summed E-state index contributed by atoms with van der Waals surface area (Å²) in [6, 6.07) is 32.9. The summed E-state index contributed by atoms with van der Waals surface area (Å²) in [5.41, 5.74) is 6.68. The van der Waals surface area contributed by atoms with E-state index in [1.165, 1.54) is 5.57 Å². The van der Waals surface area contributed by atoms with E-state index in [-0.39, 0.29) is 80.5 Å². The quantitative estimate of drug-likeness (QED) is 0.0262. The molecular formula is C59H73N7O9S. The van der Waals surface area contributed by atoms with Crippen molar-refractivity contribution in [3.05, 3.63) is 126 Å². The summed E-state index contributed by atoms with van der Waals surface area (Å²) >= 11 is 1.14. The molecule has 2 fully saturated rings. The maximum absolute atomic E-state index is 14.3. The van der Waals surface area contributed by atoms with Crippen LogP contribution in [0.15, 0.2) is 109 Å². The molecule has 1 unspecified atom stereocenters. The molecule has 2 heterocycles. The number of hydrogen-bond acceptors (Lipinski definition) is 12. The molecule has 5 aromatic rings. The Balaban J connectivity index is 0.821. The molecule has 5 amide bonds. The van der Waals surface area contributed by atoms with Crippen molar-refractivity contribution in [1.82, 2.24) is 25.4 Å². The van der Waals surface area contributed by atoms with Gasteiger partial charge in [-0.3, -0.25) is 24.0 Å². The number of nitrogens with one attached hydrogen (secondary N) is 4. The van der Waals surface area contributed by atoms with E-state index in [2.05, 4.69) is 40.3 Å². The summed E-state index contributed by atoms with van der Waals surface area (Å²) in [6.45, 7) is 5.84. The van der Waals surface area contributed by atoms with Gasteiger partial charge in [-0.1, -0.05) is 122 Å². The summed E-state index contributed by atoms with van der Waals surface area (Å²) in [5.74, 6) is -0.322. The molecule has 0 radical (unpaired) electrons. The van der Waals surface area contributed by atoms with E-state index < -0.39 is 18.1 Å². The number of ether oxygens (including phenoxy) is 3. The highest BCUT2D eigenvalue weighted by atomic mass is 32.1.